The summed E-state index contributed by atoms with van der Waals surface area (Å²) in [6, 6.07) is 3.10. The molecule has 0 aromatic heterocycles. The average molecular weight is 318 g/mol. The molecule has 0 aliphatic carbocycles. The summed E-state index contributed by atoms with van der Waals surface area (Å²) in [6.45, 7) is -0.487. The molecule has 0 fully saturated rings. The van der Waals surface area contributed by atoms with Gasteiger partial charge in [0.05, 0.1) is 25.2 Å². The molecule has 0 bridgehead atoms. The predicted octanol–water partition coefficient (Wildman–Crippen LogP) is 0.397. The van der Waals surface area contributed by atoms with Gasteiger partial charge in [-0.05, 0) is 6.07 Å². The molecule has 1 aromatic carbocycles. The van der Waals surface area contributed by atoms with Crippen LogP contribution in [0.25, 0.3) is 0 Å². The first-order valence-corrected chi connectivity index (χ1v) is 7.03. The second-order valence-corrected chi connectivity index (χ2v) is 5.94. The summed E-state index contributed by atoms with van der Waals surface area (Å²) in [6.07, 6.45) is 0. The molecule has 0 amide bonds. The number of sulfonamides is 1. The number of esters is 1. The van der Waals surface area contributed by atoms with Crippen LogP contribution in [0.1, 0.15) is 0 Å². The van der Waals surface area contributed by atoms with Crippen LogP contribution in [0.2, 0.25) is 0 Å². The third-order valence-electron chi connectivity index (χ3n) is 2.63. The molecule has 0 atom stereocenters. The molecule has 0 saturated carbocycles. The van der Waals surface area contributed by atoms with Gasteiger partial charge in [-0.2, -0.15) is 4.31 Å². The van der Waals surface area contributed by atoms with Crippen molar-refractivity contribution >= 4 is 21.7 Å². The molecule has 1 rings (SSSR count). The maximum Gasteiger partial charge on any atom is 0.321 e. The zero-order valence-corrected chi connectivity index (χ0v) is 12.4. The van der Waals surface area contributed by atoms with Crippen molar-refractivity contribution in [3.8, 4) is 5.75 Å². The number of nitrogens with zero attached hydrogens (tertiary/aromatic N) is 2. The van der Waals surface area contributed by atoms with Crippen molar-refractivity contribution in [1.82, 2.24) is 4.31 Å². The summed E-state index contributed by atoms with van der Waals surface area (Å²) in [5, 5.41) is 10.7. The Kier molecular flexibility index (Phi) is 5.22. The van der Waals surface area contributed by atoms with Gasteiger partial charge in [-0.3, -0.25) is 14.9 Å². The zero-order chi connectivity index (χ0) is 16.2. The van der Waals surface area contributed by atoms with E-state index in [4.69, 9.17) is 4.74 Å². The van der Waals surface area contributed by atoms with Crippen molar-refractivity contribution in [1.29, 1.82) is 0 Å². The average Bonchev–Trinajstić information content (AvgIpc) is 2.45. The summed E-state index contributed by atoms with van der Waals surface area (Å²) in [7, 11) is -0.530. The number of carbonyl (C=O) groups excluding carboxylic acids is 1. The molecule has 1 aromatic rings. The number of rotatable bonds is 6. The monoisotopic (exact) mass is 318 g/mol. The Balaban J connectivity index is 3.25. The van der Waals surface area contributed by atoms with E-state index in [1.54, 1.807) is 0 Å². The number of nitro benzene ring substituents is 1. The Morgan fingerprint density at radius 2 is 2.00 bits per heavy atom. The van der Waals surface area contributed by atoms with Gasteiger partial charge in [0, 0.05) is 13.1 Å². The van der Waals surface area contributed by atoms with E-state index in [2.05, 4.69) is 4.74 Å². The SMILES string of the molecule is COC(=O)CN(C)S(=O)(=O)c1ccc([N+](=O)[O-])cc1OC. The number of hydrogen-bond acceptors (Lipinski definition) is 7. The molecule has 0 saturated heterocycles. The Labute approximate surface area is 121 Å². The predicted molar refractivity (Wildman–Crippen MR) is 71.5 cm³/mol. The maximum atomic E-state index is 12.3. The minimum atomic E-state index is -4.04. The first kappa shape index (κ1) is 16.9. The van der Waals surface area contributed by atoms with Crippen molar-refractivity contribution in [3.63, 3.8) is 0 Å². The highest BCUT2D eigenvalue weighted by molar-refractivity contribution is 7.89. The molecule has 0 aliphatic rings. The summed E-state index contributed by atoms with van der Waals surface area (Å²) in [5.74, 6) is -0.914. The standard InChI is InChI=1S/C11H14N2O7S/c1-12(7-11(14)20-3)21(17,18)10-5-4-8(13(15)16)6-9(10)19-2/h4-6H,7H2,1-3H3. The fourth-order valence-electron chi connectivity index (χ4n) is 1.48. The van der Waals surface area contributed by atoms with Crippen LogP contribution in [-0.2, 0) is 19.6 Å². The van der Waals surface area contributed by atoms with Crippen LogP contribution in [0.4, 0.5) is 5.69 Å². The fraction of sp³-hybridized carbons (Fsp3) is 0.364. The van der Waals surface area contributed by atoms with E-state index in [1.807, 2.05) is 0 Å². The quantitative estimate of drug-likeness (QED) is 0.423. The van der Waals surface area contributed by atoms with Gasteiger partial charge in [0.1, 0.15) is 17.2 Å². The van der Waals surface area contributed by atoms with Crippen LogP contribution in [0.15, 0.2) is 23.1 Å². The molecule has 0 unspecified atom stereocenters. The molecule has 21 heavy (non-hydrogen) atoms. The minimum Gasteiger partial charge on any atom is -0.495 e. The fourth-order valence-corrected chi connectivity index (χ4v) is 2.73. The van der Waals surface area contributed by atoms with Gasteiger partial charge in [0.2, 0.25) is 10.0 Å². The lowest BCUT2D eigenvalue weighted by atomic mass is 10.3. The van der Waals surface area contributed by atoms with Crippen LogP contribution in [-0.4, -0.2) is 51.4 Å². The number of methoxy groups -OCH3 is 2. The Morgan fingerprint density at radius 3 is 2.48 bits per heavy atom. The topological polar surface area (TPSA) is 116 Å². The lowest BCUT2D eigenvalue weighted by Gasteiger charge is -2.17. The van der Waals surface area contributed by atoms with E-state index in [9.17, 15) is 23.3 Å². The van der Waals surface area contributed by atoms with Crippen LogP contribution in [0.3, 0.4) is 0 Å². The molecular formula is C11H14N2O7S. The zero-order valence-electron chi connectivity index (χ0n) is 11.6. The molecule has 9 nitrogen and oxygen atoms in total. The number of benzene rings is 1. The van der Waals surface area contributed by atoms with Gasteiger partial charge < -0.3 is 9.47 Å². The first-order chi connectivity index (χ1) is 9.73. The number of ether oxygens (including phenoxy) is 2. The van der Waals surface area contributed by atoms with Crippen molar-refractivity contribution in [2.75, 3.05) is 27.8 Å². The highest BCUT2D eigenvalue weighted by Crippen LogP contribution is 2.30. The maximum absolute atomic E-state index is 12.3. The van der Waals surface area contributed by atoms with Crippen molar-refractivity contribution in [2.24, 2.45) is 0 Å². The molecule has 0 aliphatic heterocycles. The normalized spacial score (nSPS) is 11.2. The third-order valence-corrected chi connectivity index (χ3v) is 4.47. The van der Waals surface area contributed by atoms with Gasteiger partial charge in [0.25, 0.3) is 5.69 Å². The number of carbonyl (C=O) groups is 1. The summed E-state index contributed by atoms with van der Waals surface area (Å²) in [5.41, 5.74) is -0.304. The van der Waals surface area contributed by atoms with E-state index in [1.165, 1.54) is 14.2 Å². The Bertz CT molecular complexity index is 657. The summed E-state index contributed by atoms with van der Waals surface area (Å²) in [4.78, 5) is 20.9. The van der Waals surface area contributed by atoms with E-state index >= 15 is 0 Å². The second kappa shape index (κ2) is 6.50. The molecular weight excluding hydrogens is 304 g/mol. The third kappa shape index (κ3) is 3.67. The van der Waals surface area contributed by atoms with Crippen LogP contribution < -0.4 is 4.74 Å². The highest BCUT2D eigenvalue weighted by Gasteiger charge is 2.28. The molecule has 10 heteroatoms. The smallest absolute Gasteiger partial charge is 0.321 e. The molecule has 0 heterocycles. The van der Waals surface area contributed by atoms with Gasteiger partial charge in [-0.1, -0.05) is 0 Å². The van der Waals surface area contributed by atoms with E-state index in [-0.39, 0.29) is 16.3 Å². The molecule has 0 spiro atoms. The minimum absolute atomic E-state index is 0.180. The molecule has 0 radical (unpaired) electrons. The molecule has 116 valence electrons. The van der Waals surface area contributed by atoms with E-state index in [0.717, 1.165) is 29.6 Å². The van der Waals surface area contributed by atoms with Gasteiger partial charge >= 0.3 is 5.97 Å². The van der Waals surface area contributed by atoms with Gasteiger partial charge in [0.15, 0.2) is 0 Å². The number of nitro groups is 1. The lowest BCUT2D eigenvalue weighted by Crippen LogP contribution is -2.32. The molecule has 0 N–H and O–H groups in total. The summed E-state index contributed by atoms with van der Waals surface area (Å²) >= 11 is 0. The van der Waals surface area contributed by atoms with Gasteiger partial charge in [-0.15, -0.1) is 0 Å². The second-order valence-electron chi connectivity index (χ2n) is 3.93. The highest BCUT2D eigenvalue weighted by atomic mass is 32.2. The van der Waals surface area contributed by atoms with Crippen LogP contribution in [0.5, 0.6) is 5.75 Å². The lowest BCUT2D eigenvalue weighted by molar-refractivity contribution is -0.385. The van der Waals surface area contributed by atoms with Crippen LogP contribution >= 0.6 is 0 Å². The van der Waals surface area contributed by atoms with E-state index < -0.39 is 27.5 Å². The first-order valence-electron chi connectivity index (χ1n) is 5.59. The van der Waals surface area contributed by atoms with E-state index in [0.29, 0.717) is 0 Å². The van der Waals surface area contributed by atoms with Crippen LogP contribution in [0, 0.1) is 10.1 Å². The largest absolute Gasteiger partial charge is 0.495 e. The Morgan fingerprint density at radius 1 is 1.38 bits per heavy atom. The van der Waals surface area contributed by atoms with Gasteiger partial charge in [-0.25, -0.2) is 8.42 Å². The Hall–Kier alpha value is -2.20. The number of non-ortho nitro benzene ring substituents is 1. The van der Waals surface area contributed by atoms with Crippen molar-refractivity contribution in [3.05, 3.63) is 28.3 Å². The van der Waals surface area contributed by atoms with Crippen molar-refractivity contribution < 1.29 is 27.6 Å². The van der Waals surface area contributed by atoms with Crippen molar-refractivity contribution in [2.45, 2.75) is 4.90 Å². The number of likely N-dealkylation sites (N-methyl/N-ethyl adjacent to an activating group) is 1. The number of hydrogen-bond donors (Lipinski definition) is 0. The summed E-state index contributed by atoms with van der Waals surface area (Å²) < 4.78 is 34.7.